The van der Waals surface area contributed by atoms with Gasteiger partial charge in [-0.25, -0.2) is 0 Å². The lowest BCUT2D eigenvalue weighted by molar-refractivity contribution is 0.121. The quantitative estimate of drug-likeness (QED) is 0.767. The van der Waals surface area contributed by atoms with E-state index in [2.05, 4.69) is 43.4 Å². The number of anilines is 1. The zero-order valence-corrected chi connectivity index (χ0v) is 11.6. The Morgan fingerprint density at radius 2 is 2.00 bits per heavy atom. The monoisotopic (exact) mass is 247 g/mol. The highest BCUT2D eigenvalue weighted by Crippen LogP contribution is 2.19. The molecule has 0 amide bonds. The second-order valence-corrected chi connectivity index (χ2v) is 5.27. The van der Waals surface area contributed by atoms with Crippen molar-refractivity contribution in [3.8, 4) is 0 Å². The van der Waals surface area contributed by atoms with Crippen molar-refractivity contribution in [1.29, 1.82) is 0 Å². The number of aryl methyl sites for hydroxylation is 1. The van der Waals surface area contributed by atoms with Gasteiger partial charge in [0.1, 0.15) is 0 Å². The van der Waals surface area contributed by atoms with Crippen LogP contribution in [0.2, 0.25) is 0 Å². The maximum absolute atomic E-state index is 5.56. The van der Waals surface area contributed by atoms with Crippen LogP contribution in [0.15, 0.2) is 24.3 Å². The molecule has 0 radical (unpaired) electrons. The van der Waals surface area contributed by atoms with Crippen molar-refractivity contribution in [2.75, 3.05) is 11.9 Å². The summed E-state index contributed by atoms with van der Waals surface area (Å²) in [6, 6.07) is 9.37. The molecule has 2 unspecified atom stereocenters. The maximum atomic E-state index is 5.56. The first-order chi connectivity index (χ1) is 8.79. The van der Waals surface area contributed by atoms with Crippen LogP contribution in [0.3, 0.4) is 0 Å². The van der Waals surface area contributed by atoms with E-state index in [9.17, 15) is 0 Å². The zero-order chi connectivity index (χ0) is 12.8. The van der Waals surface area contributed by atoms with Gasteiger partial charge in [-0.15, -0.1) is 0 Å². The molecule has 1 aromatic rings. The van der Waals surface area contributed by atoms with Crippen molar-refractivity contribution in [2.24, 2.45) is 0 Å². The molecule has 1 aromatic carbocycles. The van der Waals surface area contributed by atoms with Gasteiger partial charge in [0.2, 0.25) is 0 Å². The van der Waals surface area contributed by atoms with Crippen molar-refractivity contribution in [3.63, 3.8) is 0 Å². The summed E-state index contributed by atoms with van der Waals surface area (Å²) in [6.45, 7) is 5.27. The fourth-order valence-corrected chi connectivity index (χ4v) is 2.48. The number of benzene rings is 1. The van der Waals surface area contributed by atoms with Crippen LogP contribution >= 0.6 is 0 Å². The smallest absolute Gasteiger partial charge is 0.0748 e. The summed E-state index contributed by atoms with van der Waals surface area (Å²) in [6.07, 6.45) is 6.57. The number of nitrogens with one attached hydrogen (secondary N) is 1. The molecular formula is C16H25NO. The third-order valence-electron chi connectivity index (χ3n) is 3.75. The second kappa shape index (κ2) is 6.79. The summed E-state index contributed by atoms with van der Waals surface area (Å²) in [5.41, 5.74) is 2.67. The first-order valence-electron chi connectivity index (χ1n) is 7.26. The van der Waals surface area contributed by atoms with Gasteiger partial charge in [-0.1, -0.05) is 31.9 Å². The lowest BCUT2D eigenvalue weighted by Gasteiger charge is -2.17. The first kappa shape index (κ1) is 13.4. The molecule has 0 spiro atoms. The molecule has 0 aliphatic carbocycles. The molecule has 2 heteroatoms. The molecule has 1 saturated heterocycles. The summed E-state index contributed by atoms with van der Waals surface area (Å²) >= 11 is 0. The molecule has 2 rings (SSSR count). The van der Waals surface area contributed by atoms with Crippen LogP contribution < -0.4 is 5.32 Å². The Balaban J connectivity index is 1.83. The Morgan fingerprint density at radius 3 is 2.61 bits per heavy atom. The molecule has 18 heavy (non-hydrogen) atoms. The minimum Gasteiger partial charge on any atom is -0.380 e. The van der Waals surface area contributed by atoms with E-state index in [0.717, 1.165) is 13.0 Å². The number of rotatable bonds is 6. The van der Waals surface area contributed by atoms with E-state index in [0.29, 0.717) is 12.1 Å². The molecule has 1 heterocycles. The Morgan fingerprint density at radius 1 is 1.22 bits per heavy atom. The summed E-state index contributed by atoms with van der Waals surface area (Å²) in [5.74, 6) is 0. The first-order valence-corrected chi connectivity index (χ1v) is 7.26. The molecule has 2 atom stereocenters. The van der Waals surface area contributed by atoms with Crippen molar-refractivity contribution in [2.45, 2.75) is 58.1 Å². The molecule has 100 valence electrons. The van der Waals surface area contributed by atoms with Crippen LogP contribution in [0.4, 0.5) is 5.69 Å². The van der Waals surface area contributed by atoms with Crippen molar-refractivity contribution in [3.05, 3.63) is 29.8 Å². The second-order valence-electron chi connectivity index (χ2n) is 5.27. The van der Waals surface area contributed by atoms with Gasteiger partial charge >= 0.3 is 0 Å². The largest absolute Gasteiger partial charge is 0.380 e. The van der Waals surface area contributed by atoms with Gasteiger partial charge in [-0.2, -0.15) is 0 Å². The Bertz CT molecular complexity index is 347. The van der Waals surface area contributed by atoms with Gasteiger partial charge < -0.3 is 10.1 Å². The summed E-state index contributed by atoms with van der Waals surface area (Å²) < 4.78 is 5.56. The van der Waals surface area contributed by atoms with Crippen LogP contribution in [0.25, 0.3) is 0 Å². The number of hydrogen-bond acceptors (Lipinski definition) is 2. The van der Waals surface area contributed by atoms with E-state index in [1.165, 1.54) is 36.9 Å². The van der Waals surface area contributed by atoms with Crippen LogP contribution in [-0.2, 0) is 11.2 Å². The fraction of sp³-hybridized carbons (Fsp3) is 0.625. The molecule has 2 nitrogen and oxygen atoms in total. The molecule has 1 aliphatic rings. The minimum atomic E-state index is 0.328. The topological polar surface area (TPSA) is 21.3 Å². The maximum Gasteiger partial charge on any atom is 0.0748 e. The SMILES string of the molecule is CCCCCc1ccc(NC2CCOC2C)cc1. The van der Waals surface area contributed by atoms with E-state index in [1.807, 2.05) is 0 Å². The third kappa shape index (κ3) is 3.74. The van der Waals surface area contributed by atoms with Gasteiger partial charge in [0.05, 0.1) is 12.1 Å². The molecule has 1 N–H and O–H groups in total. The lowest BCUT2D eigenvalue weighted by Crippen LogP contribution is -2.26. The van der Waals surface area contributed by atoms with Crippen LogP contribution in [-0.4, -0.2) is 18.8 Å². The van der Waals surface area contributed by atoms with Gasteiger partial charge in [0.25, 0.3) is 0 Å². The average molecular weight is 247 g/mol. The predicted molar refractivity (Wildman–Crippen MR) is 77.1 cm³/mol. The van der Waals surface area contributed by atoms with Crippen LogP contribution in [0, 0.1) is 0 Å². The molecule has 0 aromatic heterocycles. The number of ether oxygens (including phenoxy) is 1. The van der Waals surface area contributed by atoms with Gasteiger partial charge in [0.15, 0.2) is 0 Å². The van der Waals surface area contributed by atoms with E-state index < -0.39 is 0 Å². The summed E-state index contributed by atoms with van der Waals surface area (Å²) in [7, 11) is 0. The van der Waals surface area contributed by atoms with Crippen molar-refractivity contribution < 1.29 is 4.74 Å². The minimum absolute atomic E-state index is 0.328. The van der Waals surface area contributed by atoms with Crippen LogP contribution in [0.5, 0.6) is 0 Å². The van der Waals surface area contributed by atoms with E-state index >= 15 is 0 Å². The Hall–Kier alpha value is -1.02. The molecule has 0 bridgehead atoms. The van der Waals surface area contributed by atoms with E-state index in [1.54, 1.807) is 0 Å². The normalized spacial score (nSPS) is 23.2. The van der Waals surface area contributed by atoms with Gasteiger partial charge in [0, 0.05) is 12.3 Å². The third-order valence-corrected chi connectivity index (χ3v) is 3.75. The fourth-order valence-electron chi connectivity index (χ4n) is 2.48. The highest BCUT2D eigenvalue weighted by Gasteiger charge is 2.23. The van der Waals surface area contributed by atoms with E-state index in [4.69, 9.17) is 4.74 Å². The van der Waals surface area contributed by atoms with Crippen LogP contribution in [0.1, 0.15) is 45.1 Å². The molecule has 1 fully saturated rings. The standard InChI is InChI=1S/C16H25NO/c1-3-4-5-6-14-7-9-15(10-8-14)17-16-11-12-18-13(16)2/h7-10,13,16-17H,3-6,11-12H2,1-2H3. The lowest BCUT2D eigenvalue weighted by atomic mass is 10.1. The Labute approximate surface area is 111 Å². The highest BCUT2D eigenvalue weighted by molar-refractivity contribution is 5.45. The van der Waals surface area contributed by atoms with E-state index in [-0.39, 0.29) is 0 Å². The number of unbranched alkanes of at least 4 members (excludes halogenated alkanes) is 2. The predicted octanol–water partition coefficient (Wildman–Crippen LogP) is 4.01. The average Bonchev–Trinajstić information content (AvgIpc) is 2.78. The molecule has 1 aliphatic heterocycles. The summed E-state index contributed by atoms with van der Waals surface area (Å²) in [4.78, 5) is 0. The van der Waals surface area contributed by atoms with Crippen molar-refractivity contribution >= 4 is 5.69 Å². The van der Waals surface area contributed by atoms with Gasteiger partial charge in [-0.05, 0) is 43.9 Å². The number of hydrogen-bond donors (Lipinski definition) is 1. The summed E-state index contributed by atoms with van der Waals surface area (Å²) in [5, 5.41) is 3.56. The van der Waals surface area contributed by atoms with Gasteiger partial charge in [-0.3, -0.25) is 0 Å². The molecular weight excluding hydrogens is 222 g/mol. The highest BCUT2D eigenvalue weighted by atomic mass is 16.5. The van der Waals surface area contributed by atoms with Crippen molar-refractivity contribution in [1.82, 2.24) is 0 Å². The molecule has 0 saturated carbocycles. The zero-order valence-electron chi connectivity index (χ0n) is 11.6. The Kier molecular flexibility index (Phi) is 5.06.